The van der Waals surface area contributed by atoms with E-state index in [2.05, 4.69) is 0 Å². The molecular formula is C12H22N2O2. The van der Waals surface area contributed by atoms with Crippen molar-refractivity contribution in [3.63, 3.8) is 0 Å². The van der Waals surface area contributed by atoms with E-state index in [0.29, 0.717) is 24.5 Å². The van der Waals surface area contributed by atoms with Crippen molar-refractivity contribution in [2.75, 3.05) is 26.8 Å². The lowest BCUT2D eigenvalue weighted by atomic mass is 9.98. The molecule has 0 radical (unpaired) electrons. The van der Waals surface area contributed by atoms with Gasteiger partial charge in [-0.1, -0.05) is 6.92 Å². The number of nitrogens with two attached hydrogens (primary N) is 1. The Hall–Kier alpha value is -0.610. The molecule has 0 unspecified atom stereocenters. The fourth-order valence-electron chi connectivity index (χ4n) is 3.12. The van der Waals surface area contributed by atoms with Crippen LogP contribution in [-0.2, 0) is 9.53 Å². The van der Waals surface area contributed by atoms with Crippen LogP contribution in [0.3, 0.4) is 0 Å². The Balaban J connectivity index is 1.91. The second-order valence-corrected chi connectivity index (χ2v) is 5.26. The minimum absolute atomic E-state index is 0.0277. The second-order valence-electron chi connectivity index (χ2n) is 5.26. The van der Waals surface area contributed by atoms with E-state index in [9.17, 15) is 4.79 Å². The van der Waals surface area contributed by atoms with Gasteiger partial charge in [0.1, 0.15) is 0 Å². The van der Waals surface area contributed by atoms with E-state index in [0.717, 1.165) is 19.5 Å². The first kappa shape index (κ1) is 11.9. The van der Waals surface area contributed by atoms with E-state index in [4.69, 9.17) is 10.5 Å². The summed E-state index contributed by atoms with van der Waals surface area (Å²) in [7, 11) is 1.64. The van der Waals surface area contributed by atoms with Crippen molar-refractivity contribution in [1.29, 1.82) is 0 Å². The molecule has 1 heterocycles. The van der Waals surface area contributed by atoms with Gasteiger partial charge in [-0.2, -0.15) is 0 Å². The molecule has 0 spiro atoms. The highest BCUT2D eigenvalue weighted by Gasteiger charge is 2.42. The van der Waals surface area contributed by atoms with Gasteiger partial charge < -0.3 is 15.4 Å². The van der Waals surface area contributed by atoms with Crippen LogP contribution in [0.1, 0.15) is 19.8 Å². The highest BCUT2D eigenvalue weighted by Crippen LogP contribution is 2.37. The first-order chi connectivity index (χ1) is 7.63. The Morgan fingerprint density at radius 1 is 1.50 bits per heavy atom. The molecule has 1 saturated carbocycles. The quantitative estimate of drug-likeness (QED) is 0.761. The van der Waals surface area contributed by atoms with Crippen molar-refractivity contribution < 1.29 is 9.53 Å². The Morgan fingerprint density at radius 3 is 2.88 bits per heavy atom. The zero-order valence-corrected chi connectivity index (χ0v) is 10.2. The van der Waals surface area contributed by atoms with Crippen molar-refractivity contribution in [2.45, 2.75) is 25.8 Å². The van der Waals surface area contributed by atoms with Gasteiger partial charge in [0, 0.05) is 26.2 Å². The van der Waals surface area contributed by atoms with Gasteiger partial charge in [0.2, 0.25) is 5.91 Å². The first-order valence-electron chi connectivity index (χ1n) is 6.16. The molecule has 2 N–H and O–H groups in total. The third-order valence-electron chi connectivity index (χ3n) is 4.06. The summed E-state index contributed by atoms with van der Waals surface area (Å²) in [6.07, 6.45) is 2.32. The third-order valence-corrected chi connectivity index (χ3v) is 4.06. The lowest BCUT2D eigenvalue weighted by molar-refractivity contribution is -0.135. The van der Waals surface area contributed by atoms with E-state index in [1.165, 1.54) is 6.42 Å². The average molecular weight is 226 g/mol. The van der Waals surface area contributed by atoms with Gasteiger partial charge in [-0.25, -0.2) is 0 Å². The Labute approximate surface area is 97.1 Å². The molecule has 0 aromatic carbocycles. The smallest absolute Gasteiger partial charge is 0.227 e. The molecule has 2 fully saturated rings. The van der Waals surface area contributed by atoms with E-state index < -0.39 is 0 Å². The van der Waals surface area contributed by atoms with Crippen LogP contribution in [0.25, 0.3) is 0 Å². The Morgan fingerprint density at radius 2 is 2.25 bits per heavy atom. The van der Waals surface area contributed by atoms with Crippen LogP contribution in [0.4, 0.5) is 0 Å². The van der Waals surface area contributed by atoms with Crippen LogP contribution in [-0.4, -0.2) is 43.7 Å². The highest BCUT2D eigenvalue weighted by atomic mass is 16.5. The van der Waals surface area contributed by atoms with Crippen LogP contribution in [0.2, 0.25) is 0 Å². The first-order valence-corrected chi connectivity index (χ1v) is 6.16. The molecule has 1 aliphatic heterocycles. The van der Waals surface area contributed by atoms with Crippen molar-refractivity contribution in [1.82, 2.24) is 4.90 Å². The SMILES string of the molecule is COC[C@H](C)C(=O)N1C[C@@H]2CC[C@@H](N)[C@H]2C1. The molecule has 1 aliphatic carbocycles. The number of hydrogen-bond donors (Lipinski definition) is 1. The lowest BCUT2D eigenvalue weighted by Crippen LogP contribution is -2.37. The molecule has 0 aromatic heterocycles. The molecular weight excluding hydrogens is 204 g/mol. The maximum absolute atomic E-state index is 12.1. The number of carbonyl (C=O) groups excluding carboxylic acids is 1. The third kappa shape index (κ3) is 2.09. The summed E-state index contributed by atoms with van der Waals surface area (Å²) in [4.78, 5) is 14.1. The van der Waals surface area contributed by atoms with Gasteiger partial charge in [0.15, 0.2) is 0 Å². The number of likely N-dealkylation sites (tertiary alicyclic amines) is 1. The van der Waals surface area contributed by atoms with Crippen molar-refractivity contribution in [3.05, 3.63) is 0 Å². The number of fused-ring (bicyclic) bond motifs is 1. The van der Waals surface area contributed by atoms with Gasteiger partial charge in [0.05, 0.1) is 12.5 Å². The average Bonchev–Trinajstić information content (AvgIpc) is 2.81. The summed E-state index contributed by atoms with van der Waals surface area (Å²) < 4.78 is 5.03. The monoisotopic (exact) mass is 226 g/mol. The second kappa shape index (κ2) is 4.72. The van der Waals surface area contributed by atoms with E-state index in [-0.39, 0.29) is 11.8 Å². The summed E-state index contributed by atoms with van der Waals surface area (Å²) in [6.45, 7) is 4.21. The van der Waals surface area contributed by atoms with Gasteiger partial charge in [0.25, 0.3) is 0 Å². The van der Waals surface area contributed by atoms with Crippen molar-refractivity contribution in [3.8, 4) is 0 Å². The maximum Gasteiger partial charge on any atom is 0.227 e. The summed E-state index contributed by atoms with van der Waals surface area (Å²) in [6, 6.07) is 0.306. The predicted molar refractivity (Wildman–Crippen MR) is 61.8 cm³/mol. The standard InChI is InChI=1S/C12H22N2O2/c1-8(7-16-2)12(15)14-5-9-3-4-11(13)10(9)6-14/h8-11H,3-7,13H2,1-2H3/t8-,9-,10-,11+/m0/s1. The fraction of sp³-hybridized carbons (Fsp3) is 0.917. The number of amides is 1. The van der Waals surface area contributed by atoms with Crippen molar-refractivity contribution in [2.24, 2.45) is 23.5 Å². The maximum atomic E-state index is 12.1. The summed E-state index contributed by atoms with van der Waals surface area (Å²) in [5.74, 6) is 1.39. The van der Waals surface area contributed by atoms with Crippen LogP contribution >= 0.6 is 0 Å². The van der Waals surface area contributed by atoms with E-state index >= 15 is 0 Å². The molecule has 92 valence electrons. The number of methoxy groups -OCH3 is 1. The van der Waals surface area contributed by atoms with Crippen molar-refractivity contribution >= 4 is 5.91 Å². The van der Waals surface area contributed by atoms with Crippen LogP contribution < -0.4 is 5.73 Å². The molecule has 0 bridgehead atoms. The molecule has 2 rings (SSSR count). The zero-order valence-electron chi connectivity index (χ0n) is 10.2. The van der Waals surface area contributed by atoms with Crippen LogP contribution in [0.15, 0.2) is 0 Å². The topological polar surface area (TPSA) is 55.6 Å². The summed E-state index contributed by atoms with van der Waals surface area (Å²) >= 11 is 0. The molecule has 4 atom stereocenters. The number of nitrogens with zero attached hydrogens (tertiary/aromatic N) is 1. The van der Waals surface area contributed by atoms with Crippen LogP contribution in [0.5, 0.6) is 0 Å². The normalized spacial score (nSPS) is 35.2. The predicted octanol–water partition coefficient (Wildman–Crippen LogP) is 0.465. The Bertz CT molecular complexity index is 270. The minimum atomic E-state index is -0.0277. The van der Waals surface area contributed by atoms with Gasteiger partial charge >= 0.3 is 0 Å². The molecule has 4 nitrogen and oxygen atoms in total. The summed E-state index contributed by atoms with van der Waals surface area (Å²) in [5, 5.41) is 0. The lowest BCUT2D eigenvalue weighted by Gasteiger charge is -2.22. The molecule has 1 saturated heterocycles. The van der Waals surface area contributed by atoms with Gasteiger partial charge in [-0.3, -0.25) is 4.79 Å². The zero-order chi connectivity index (χ0) is 11.7. The summed E-state index contributed by atoms with van der Waals surface area (Å²) in [5.41, 5.74) is 6.05. The number of rotatable bonds is 3. The fourth-order valence-corrected chi connectivity index (χ4v) is 3.12. The number of ether oxygens (including phenoxy) is 1. The Kier molecular flexibility index (Phi) is 3.50. The van der Waals surface area contributed by atoms with Gasteiger partial charge in [-0.15, -0.1) is 0 Å². The largest absolute Gasteiger partial charge is 0.384 e. The molecule has 2 aliphatic rings. The van der Waals surface area contributed by atoms with Gasteiger partial charge in [-0.05, 0) is 24.7 Å². The highest BCUT2D eigenvalue weighted by molar-refractivity contribution is 5.79. The van der Waals surface area contributed by atoms with E-state index in [1.54, 1.807) is 7.11 Å². The number of hydrogen-bond acceptors (Lipinski definition) is 3. The van der Waals surface area contributed by atoms with E-state index in [1.807, 2.05) is 11.8 Å². The van der Waals surface area contributed by atoms with Crippen LogP contribution in [0, 0.1) is 17.8 Å². The number of carbonyl (C=O) groups is 1. The molecule has 16 heavy (non-hydrogen) atoms. The molecule has 4 heteroatoms. The molecule has 1 amide bonds. The minimum Gasteiger partial charge on any atom is -0.384 e. The molecule has 0 aromatic rings.